The van der Waals surface area contributed by atoms with Crippen LogP contribution >= 0.6 is 0 Å². The van der Waals surface area contributed by atoms with Gasteiger partial charge in [-0.2, -0.15) is 5.10 Å². The van der Waals surface area contributed by atoms with Crippen molar-refractivity contribution in [3.8, 4) is 5.82 Å². The molecule has 1 aliphatic carbocycles. The van der Waals surface area contributed by atoms with Crippen molar-refractivity contribution < 1.29 is 0 Å². The standard InChI is InChI=1S/C18H25N5/c1-14-11-15(2)23(21-14)17-13-19-12-16(20-17)22-9-7-18(8-10-22)5-3-4-6-18/h11-13H,3-10H2,1-2H3. The Kier molecular flexibility index (Phi) is 3.58. The second-order valence-electron chi connectivity index (χ2n) is 7.27. The van der Waals surface area contributed by atoms with Gasteiger partial charge in [0.25, 0.3) is 0 Å². The maximum atomic E-state index is 4.82. The van der Waals surface area contributed by atoms with E-state index in [9.17, 15) is 0 Å². The highest BCUT2D eigenvalue weighted by Gasteiger charge is 2.37. The Morgan fingerprint density at radius 3 is 2.30 bits per heavy atom. The summed E-state index contributed by atoms with van der Waals surface area (Å²) in [5.41, 5.74) is 2.74. The Labute approximate surface area is 137 Å². The van der Waals surface area contributed by atoms with Crippen molar-refractivity contribution in [1.29, 1.82) is 0 Å². The summed E-state index contributed by atoms with van der Waals surface area (Å²) < 4.78 is 1.88. The highest BCUT2D eigenvalue weighted by Crippen LogP contribution is 2.46. The number of hydrogen-bond acceptors (Lipinski definition) is 4. The van der Waals surface area contributed by atoms with Crippen LogP contribution in [0.25, 0.3) is 5.82 Å². The summed E-state index contributed by atoms with van der Waals surface area (Å²) in [5.74, 6) is 1.80. The van der Waals surface area contributed by atoms with Crippen LogP contribution in [-0.4, -0.2) is 32.8 Å². The SMILES string of the molecule is Cc1cc(C)n(-c2cncc(N3CCC4(CCCC4)CC3)n2)n1. The van der Waals surface area contributed by atoms with Gasteiger partial charge in [0, 0.05) is 18.8 Å². The molecule has 0 atom stereocenters. The predicted octanol–water partition coefficient (Wildman–Crippen LogP) is 3.44. The molecule has 0 bridgehead atoms. The van der Waals surface area contributed by atoms with E-state index >= 15 is 0 Å². The maximum Gasteiger partial charge on any atom is 0.174 e. The highest BCUT2D eigenvalue weighted by molar-refractivity contribution is 5.40. The molecule has 1 saturated carbocycles. The van der Waals surface area contributed by atoms with Crippen LogP contribution in [0.2, 0.25) is 0 Å². The Bertz CT molecular complexity index is 689. The fraction of sp³-hybridized carbons (Fsp3) is 0.611. The van der Waals surface area contributed by atoms with Crippen LogP contribution < -0.4 is 4.90 Å². The minimum Gasteiger partial charge on any atom is -0.355 e. The molecule has 2 aromatic rings. The number of rotatable bonds is 2. The van der Waals surface area contributed by atoms with Crippen LogP contribution in [0.3, 0.4) is 0 Å². The first kappa shape index (κ1) is 14.7. The fourth-order valence-corrected chi connectivity index (χ4v) is 4.30. The lowest BCUT2D eigenvalue weighted by atomic mass is 9.77. The lowest BCUT2D eigenvalue weighted by molar-refractivity contribution is 0.226. The summed E-state index contributed by atoms with van der Waals surface area (Å²) >= 11 is 0. The molecule has 0 amide bonds. The summed E-state index contributed by atoms with van der Waals surface area (Å²) in [7, 11) is 0. The van der Waals surface area contributed by atoms with Crippen LogP contribution in [0, 0.1) is 19.3 Å². The van der Waals surface area contributed by atoms with Gasteiger partial charge < -0.3 is 4.90 Å². The number of piperidine rings is 1. The molecule has 23 heavy (non-hydrogen) atoms. The molecule has 0 aromatic carbocycles. The molecule has 122 valence electrons. The summed E-state index contributed by atoms with van der Waals surface area (Å²) in [5, 5.41) is 4.52. The normalized spacial score (nSPS) is 20.3. The van der Waals surface area contributed by atoms with Gasteiger partial charge in [0.1, 0.15) is 5.82 Å². The largest absolute Gasteiger partial charge is 0.355 e. The zero-order valence-corrected chi connectivity index (χ0v) is 14.1. The van der Waals surface area contributed by atoms with Crippen LogP contribution in [0.15, 0.2) is 18.5 Å². The van der Waals surface area contributed by atoms with E-state index in [2.05, 4.69) is 28.0 Å². The van der Waals surface area contributed by atoms with Crippen molar-refractivity contribution >= 4 is 5.82 Å². The van der Waals surface area contributed by atoms with E-state index in [4.69, 9.17) is 4.98 Å². The van der Waals surface area contributed by atoms with E-state index < -0.39 is 0 Å². The molecule has 0 unspecified atom stereocenters. The molecule has 1 spiro atoms. The van der Waals surface area contributed by atoms with Gasteiger partial charge in [0.2, 0.25) is 0 Å². The average Bonchev–Trinajstić information content (AvgIpc) is 3.15. The van der Waals surface area contributed by atoms with Gasteiger partial charge in [0.15, 0.2) is 5.82 Å². The minimum atomic E-state index is 0.636. The lowest BCUT2D eigenvalue weighted by Gasteiger charge is -2.39. The first-order valence-electron chi connectivity index (χ1n) is 8.76. The zero-order chi connectivity index (χ0) is 15.9. The van der Waals surface area contributed by atoms with E-state index in [1.807, 2.05) is 17.8 Å². The van der Waals surface area contributed by atoms with Gasteiger partial charge in [0.05, 0.1) is 18.1 Å². The third-order valence-corrected chi connectivity index (χ3v) is 5.65. The summed E-state index contributed by atoms with van der Waals surface area (Å²) in [6.07, 6.45) is 12.0. The van der Waals surface area contributed by atoms with E-state index in [1.165, 1.54) is 38.5 Å². The number of hydrogen-bond donors (Lipinski definition) is 0. The Balaban J connectivity index is 1.54. The van der Waals surface area contributed by atoms with E-state index in [-0.39, 0.29) is 0 Å². The van der Waals surface area contributed by atoms with Crippen molar-refractivity contribution in [2.45, 2.75) is 52.4 Å². The van der Waals surface area contributed by atoms with Gasteiger partial charge in [-0.25, -0.2) is 9.67 Å². The summed E-state index contributed by atoms with van der Waals surface area (Å²) in [6.45, 7) is 6.27. The number of nitrogens with zero attached hydrogens (tertiary/aromatic N) is 5. The predicted molar refractivity (Wildman–Crippen MR) is 91.0 cm³/mol. The lowest BCUT2D eigenvalue weighted by Crippen LogP contribution is -2.39. The van der Waals surface area contributed by atoms with Crippen molar-refractivity contribution in [2.24, 2.45) is 5.41 Å². The first-order chi connectivity index (χ1) is 11.2. The average molecular weight is 311 g/mol. The summed E-state index contributed by atoms with van der Waals surface area (Å²) in [6, 6.07) is 2.07. The molecule has 1 aliphatic heterocycles. The molecule has 2 aliphatic rings. The van der Waals surface area contributed by atoms with Crippen molar-refractivity contribution in [3.63, 3.8) is 0 Å². The molecule has 2 fully saturated rings. The van der Waals surface area contributed by atoms with Crippen LogP contribution in [0.4, 0.5) is 5.82 Å². The van der Waals surface area contributed by atoms with Crippen LogP contribution in [0.5, 0.6) is 0 Å². The van der Waals surface area contributed by atoms with Gasteiger partial charge in [-0.1, -0.05) is 12.8 Å². The molecule has 3 heterocycles. The Morgan fingerprint density at radius 2 is 1.65 bits per heavy atom. The van der Waals surface area contributed by atoms with Gasteiger partial charge in [-0.05, 0) is 51.0 Å². The topological polar surface area (TPSA) is 46.8 Å². The molecule has 2 aromatic heterocycles. The minimum absolute atomic E-state index is 0.636. The highest BCUT2D eigenvalue weighted by atomic mass is 15.3. The van der Waals surface area contributed by atoms with Crippen LogP contribution in [0.1, 0.15) is 49.9 Å². The van der Waals surface area contributed by atoms with Gasteiger partial charge in [-0.15, -0.1) is 0 Å². The third-order valence-electron chi connectivity index (χ3n) is 5.65. The molecule has 0 N–H and O–H groups in total. The smallest absolute Gasteiger partial charge is 0.174 e. The summed E-state index contributed by atoms with van der Waals surface area (Å²) in [4.78, 5) is 11.6. The first-order valence-corrected chi connectivity index (χ1v) is 8.76. The molecule has 5 nitrogen and oxygen atoms in total. The van der Waals surface area contributed by atoms with Gasteiger partial charge >= 0.3 is 0 Å². The van der Waals surface area contributed by atoms with E-state index in [0.29, 0.717) is 5.41 Å². The Morgan fingerprint density at radius 1 is 0.957 bits per heavy atom. The second kappa shape index (κ2) is 5.62. The fourth-order valence-electron chi connectivity index (χ4n) is 4.30. The monoisotopic (exact) mass is 311 g/mol. The van der Waals surface area contributed by atoms with Crippen LogP contribution in [-0.2, 0) is 0 Å². The number of aryl methyl sites for hydroxylation is 2. The maximum absolute atomic E-state index is 4.82. The van der Waals surface area contributed by atoms with Crippen molar-refractivity contribution in [1.82, 2.24) is 19.7 Å². The number of anilines is 1. The molecular formula is C18H25N5. The molecule has 1 saturated heterocycles. The quantitative estimate of drug-likeness (QED) is 0.852. The second-order valence-corrected chi connectivity index (χ2v) is 7.27. The molecular weight excluding hydrogens is 286 g/mol. The van der Waals surface area contributed by atoms with Gasteiger partial charge in [-0.3, -0.25) is 4.98 Å². The van der Waals surface area contributed by atoms with Crippen molar-refractivity contribution in [3.05, 3.63) is 29.8 Å². The molecule has 5 heteroatoms. The zero-order valence-electron chi connectivity index (χ0n) is 14.1. The number of aromatic nitrogens is 4. The molecule has 0 radical (unpaired) electrons. The van der Waals surface area contributed by atoms with E-state index in [1.54, 1.807) is 6.20 Å². The molecule has 4 rings (SSSR count). The Hall–Kier alpha value is -1.91. The van der Waals surface area contributed by atoms with E-state index in [0.717, 1.165) is 36.1 Å². The third kappa shape index (κ3) is 2.73. The van der Waals surface area contributed by atoms with Crippen molar-refractivity contribution in [2.75, 3.05) is 18.0 Å².